The number of sulfonamides is 1. The molecule has 16 heavy (non-hydrogen) atoms. The molecule has 0 aromatic heterocycles. The molecule has 0 aliphatic carbocycles. The molecule has 7 heteroatoms. The highest BCUT2D eigenvalue weighted by Crippen LogP contribution is 2.07. The summed E-state index contributed by atoms with van der Waals surface area (Å²) < 4.78 is 25.7. The molecule has 1 unspecified atom stereocenters. The monoisotopic (exact) mass is 249 g/mol. The van der Waals surface area contributed by atoms with Crippen LogP contribution in [0.15, 0.2) is 0 Å². The van der Waals surface area contributed by atoms with Crippen molar-refractivity contribution < 1.29 is 13.2 Å². The highest BCUT2D eigenvalue weighted by molar-refractivity contribution is 7.90. The number of nitrogens with one attached hydrogen (secondary N) is 3. The quantitative estimate of drug-likeness (QED) is 0.551. The van der Waals surface area contributed by atoms with E-state index in [1.807, 2.05) is 6.92 Å². The summed E-state index contributed by atoms with van der Waals surface area (Å²) in [5.74, 6) is -0.281. The van der Waals surface area contributed by atoms with Crippen LogP contribution in [0, 0.1) is 0 Å². The van der Waals surface area contributed by atoms with Gasteiger partial charge >= 0.3 is 0 Å². The molecule has 0 saturated carbocycles. The van der Waals surface area contributed by atoms with E-state index in [0.717, 1.165) is 6.42 Å². The van der Waals surface area contributed by atoms with Crippen LogP contribution in [0.3, 0.4) is 0 Å². The normalized spacial score (nSPS) is 20.9. The highest BCUT2D eigenvalue weighted by Gasteiger charge is 2.28. The Bertz CT molecular complexity index is 323. The molecule has 94 valence electrons. The number of carbonyl (C=O) groups is 1. The first-order chi connectivity index (χ1) is 7.56. The molecule has 0 bridgehead atoms. The molecule has 0 spiro atoms. The van der Waals surface area contributed by atoms with Gasteiger partial charge in [-0.3, -0.25) is 4.79 Å². The number of rotatable bonds is 6. The van der Waals surface area contributed by atoms with Gasteiger partial charge in [0.15, 0.2) is 0 Å². The summed E-state index contributed by atoms with van der Waals surface area (Å²) in [6.07, 6.45) is 1.44. The van der Waals surface area contributed by atoms with Crippen molar-refractivity contribution in [3.8, 4) is 0 Å². The fourth-order valence-corrected chi connectivity index (χ4v) is 2.84. The van der Waals surface area contributed by atoms with Gasteiger partial charge in [-0.2, -0.15) is 0 Å². The van der Waals surface area contributed by atoms with Gasteiger partial charge in [-0.1, -0.05) is 6.92 Å². The van der Waals surface area contributed by atoms with Crippen LogP contribution in [-0.4, -0.2) is 45.8 Å². The van der Waals surface area contributed by atoms with Crippen LogP contribution in [0.1, 0.15) is 19.8 Å². The molecule has 1 heterocycles. The molecule has 1 saturated heterocycles. The van der Waals surface area contributed by atoms with E-state index in [1.165, 1.54) is 0 Å². The van der Waals surface area contributed by atoms with Gasteiger partial charge in [-0.05, 0) is 19.4 Å². The van der Waals surface area contributed by atoms with Crippen molar-refractivity contribution in [3.63, 3.8) is 0 Å². The van der Waals surface area contributed by atoms with E-state index < -0.39 is 15.3 Å². The minimum Gasteiger partial charge on any atom is -0.355 e. The van der Waals surface area contributed by atoms with Crippen LogP contribution in [0.25, 0.3) is 0 Å². The summed E-state index contributed by atoms with van der Waals surface area (Å²) in [6, 6.07) is 0. The summed E-state index contributed by atoms with van der Waals surface area (Å²) in [5.41, 5.74) is 0. The molecular weight excluding hydrogens is 230 g/mol. The van der Waals surface area contributed by atoms with Crippen molar-refractivity contribution in [3.05, 3.63) is 0 Å². The largest absolute Gasteiger partial charge is 0.355 e. The summed E-state index contributed by atoms with van der Waals surface area (Å²) in [4.78, 5) is 11.2. The Hall–Kier alpha value is -0.660. The molecule has 1 fully saturated rings. The molecular formula is C9H19N3O3S. The molecule has 1 atom stereocenters. The van der Waals surface area contributed by atoms with Gasteiger partial charge in [-0.25, -0.2) is 13.1 Å². The van der Waals surface area contributed by atoms with Crippen LogP contribution in [0.5, 0.6) is 0 Å². The molecule has 0 aromatic carbocycles. The standard InChI is InChI=1S/C9H19N3O3S/c1-2-4-11-9(13)7-12-16(14,15)8-3-5-10-6-8/h8,10,12H,2-7H2,1H3,(H,11,13). The van der Waals surface area contributed by atoms with Gasteiger partial charge in [0.25, 0.3) is 0 Å². The van der Waals surface area contributed by atoms with Crippen molar-refractivity contribution in [2.75, 3.05) is 26.2 Å². The Balaban J connectivity index is 2.33. The van der Waals surface area contributed by atoms with Crippen LogP contribution >= 0.6 is 0 Å². The number of carbonyl (C=O) groups excluding carboxylic acids is 1. The predicted octanol–water partition coefficient (Wildman–Crippen LogP) is -1.21. The molecule has 1 rings (SSSR count). The Kier molecular flexibility index (Phi) is 5.17. The second-order valence-electron chi connectivity index (χ2n) is 3.83. The third kappa shape index (κ3) is 4.07. The van der Waals surface area contributed by atoms with E-state index in [2.05, 4.69) is 15.4 Å². The first-order valence-electron chi connectivity index (χ1n) is 5.52. The highest BCUT2D eigenvalue weighted by atomic mass is 32.2. The number of hydrogen-bond acceptors (Lipinski definition) is 4. The van der Waals surface area contributed by atoms with Gasteiger partial charge in [0.05, 0.1) is 11.8 Å². The minimum absolute atomic E-state index is 0.168. The maximum absolute atomic E-state index is 11.7. The van der Waals surface area contributed by atoms with E-state index >= 15 is 0 Å². The lowest BCUT2D eigenvalue weighted by atomic mass is 10.4. The van der Waals surface area contributed by atoms with Crippen molar-refractivity contribution in [2.24, 2.45) is 0 Å². The zero-order chi connectivity index (χ0) is 12.0. The molecule has 0 radical (unpaired) electrons. The maximum atomic E-state index is 11.7. The van der Waals surface area contributed by atoms with Gasteiger partial charge in [-0.15, -0.1) is 0 Å². The Morgan fingerprint density at radius 2 is 2.25 bits per heavy atom. The SMILES string of the molecule is CCCNC(=O)CNS(=O)(=O)C1CCNC1. The molecule has 1 amide bonds. The van der Waals surface area contributed by atoms with E-state index in [4.69, 9.17) is 0 Å². The molecule has 6 nitrogen and oxygen atoms in total. The van der Waals surface area contributed by atoms with Gasteiger partial charge in [0, 0.05) is 13.1 Å². The average Bonchev–Trinajstić information content (AvgIpc) is 2.77. The van der Waals surface area contributed by atoms with Crippen molar-refractivity contribution in [2.45, 2.75) is 25.0 Å². The Labute approximate surface area is 96.2 Å². The smallest absolute Gasteiger partial charge is 0.235 e. The Morgan fingerprint density at radius 3 is 2.81 bits per heavy atom. The second-order valence-corrected chi connectivity index (χ2v) is 5.88. The lowest BCUT2D eigenvalue weighted by molar-refractivity contribution is -0.119. The first-order valence-corrected chi connectivity index (χ1v) is 7.06. The van der Waals surface area contributed by atoms with Crippen LogP contribution in [0.2, 0.25) is 0 Å². The number of amides is 1. The van der Waals surface area contributed by atoms with E-state index in [-0.39, 0.29) is 12.5 Å². The summed E-state index contributed by atoms with van der Waals surface area (Å²) in [6.45, 7) is 3.53. The lowest BCUT2D eigenvalue weighted by Gasteiger charge is -2.11. The van der Waals surface area contributed by atoms with Crippen LogP contribution in [0.4, 0.5) is 0 Å². The van der Waals surface area contributed by atoms with Crippen molar-refractivity contribution in [1.29, 1.82) is 0 Å². The number of hydrogen-bond donors (Lipinski definition) is 3. The molecule has 0 aromatic rings. The topological polar surface area (TPSA) is 87.3 Å². The Morgan fingerprint density at radius 1 is 1.50 bits per heavy atom. The first kappa shape index (κ1) is 13.4. The summed E-state index contributed by atoms with van der Waals surface area (Å²) in [7, 11) is -3.35. The third-order valence-electron chi connectivity index (χ3n) is 2.46. The van der Waals surface area contributed by atoms with Crippen LogP contribution in [-0.2, 0) is 14.8 Å². The van der Waals surface area contributed by atoms with E-state index in [0.29, 0.717) is 26.1 Å². The van der Waals surface area contributed by atoms with Crippen molar-refractivity contribution >= 4 is 15.9 Å². The van der Waals surface area contributed by atoms with E-state index in [9.17, 15) is 13.2 Å². The minimum atomic E-state index is -3.35. The molecule has 3 N–H and O–H groups in total. The van der Waals surface area contributed by atoms with Gasteiger partial charge in [0.2, 0.25) is 15.9 Å². The van der Waals surface area contributed by atoms with Crippen LogP contribution < -0.4 is 15.4 Å². The summed E-state index contributed by atoms with van der Waals surface area (Å²) >= 11 is 0. The molecule has 1 aliphatic heterocycles. The fourth-order valence-electron chi connectivity index (χ4n) is 1.50. The van der Waals surface area contributed by atoms with Gasteiger partial charge < -0.3 is 10.6 Å². The fraction of sp³-hybridized carbons (Fsp3) is 0.889. The maximum Gasteiger partial charge on any atom is 0.235 e. The third-order valence-corrected chi connectivity index (χ3v) is 4.29. The van der Waals surface area contributed by atoms with E-state index in [1.54, 1.807) is 0 Å². The summed E-state index contributed by atoms with van der Waals surface area (Å²) in [5, 5.41) is 5.18. The van der Waals surface area contributed by atoms with Gasteiger partial charge in [0.1, 0.15) is 0 Å². The average molecular weight is 249 g/mol. The molecule has 1 aliphatic rings. The zero-order valence-electron chi connectivity index (χ0n) is 9.45. The lowest BCUT2D eigenvalue weighted by Crippen LogP contribution is -2.42. The van der Waals surface area contributed by atoms with Crippen molar-refractivity contribution in [1.82, 2.24) is 15.4 Å². The zero-order valence-corrected chi connectivity index (χ0v) is 10.3. The predicted molar refractivity (Wildman–Crippen MR) is 61.5 cm³/mol. The second kappa shape index (κ2) is 6.17.